The topological polar surface area (TPSA) is 67.4 Å². The fourth-order valence-corrected chi connectivity index (χ4v) is 1.19. The van der Waals surface area contributed by atoms with E-state index in [-0.39, 0.29) is 19.2 Å². The van der Waals surface area contributed by atoms with E-state index in [1.54, 1.807) is 0 Å². The zero-order valence-electron chi connectivity index (χ0n) is 10.2. The standard InChI is InChI=1S/C13H16N2O3/c1-3-12(16)18-9-8-14-13(17)15-11-6-4-10(2)5-7-11/h3-7H,1,8-9H2,2H3,(H2,14,15,17). The zero-order chi connectivity index (χ0) is 13.4. The first-order chi connectivity index (χ1) is 8.61. The predicted octanol–water partition coefficient (Wildman–Crippen LogP) is 1.85. The molecule has 0 aromatic heterocycles. The molecule has 5 heteroatoms. The van der Waals surface area contributed by atoms with Crippen LogP contribution >= 0.6 is 0 Å². The van der Waals surface area contributed by atoms with Gasteiger partial charge in [0.15, 0.2) is 0 Å². The van der Waals surface area contributed by atoms with Crippen molar-refractivity contribution in [3.63, 3.8) is 0 Å². The van der Waals surface area contributed by atoms with Crippen molar-refractivity contribution < 1.29 is 14.3 Å². The molecule has 2 amide bonds. The number of rotatable bonds is 5. The third kappa shape index (κ3) is 5.16. The average molecular weight is 248 g/mol. The molecule has 0 bridgehead atoms. The second kappa shape index (κ2) is 7.11. The minimum atomic E-state index is -0.504. The molecule has 0 radical (unpaired) electrons. The van der Waals surface area contributed by atoms with Gasteiger partial charge in [0, 0.05) is 11.8 Å². The van der Waals surface area contributed by atoms with E-state index in [9.17, 15) is 9.59 Å². The number of nitrogens with one attached hydrogen (secondary N) is 2. The molecule has 1 aromatic carbocycles. The van der Waals surface area contributed by atoms with E-state index in [0.29, 0.717) is 5.69 Å². The van der Waals surface area contributed by atoms with Crippen LogP contribution in [0.4, 0.5) is 10.5 Å². The number of ether oxygens (including phenoxy) is 1. The highest BCUT2D eigenvalue weighted by Gasteiger charge is 2.01. The number of amides is 2. The first-order valence-corrected chi connectivity index (χ1v) is 5.52. The number of urea groups is 1. The van der Waals surface area contributed by atoms with Crippen molar-refractivity contribution in [2.24, 2.45) is 0 Å². The van der Waals surface area contributed by atoms with Crippen molar-refractivity contribution in [2.45, 2.75) is 6.92 Å². The van der Waals surface area contributed by atoms with Gasteiger partial charge in [-0.2, -0.15) is 0 Å². The molecule has 0 saturated heterocycles. The summed E-state index contributed by atoms with van der Waals surface area (Å²) in [6.45, 7) is 5.60. The molecule has 0 unspecified atom stereocenters. The van der Waals surface area contributed by atoms with Gasteiger partial charge >= 0.3 is 12.0 Å². The fraction of sp³-hybridized carbons (Fsp3) is 0.231. The van der Waals surface area contributed by atoms with E-state index in [4.69, 9.17) is 4.74 Å². The number of benzene rings is 1. The number of aryl methyl sites for hydroxylation is 1. The van der Waals surface area contributed by atoms with Gasteiger partial charge < -0.3 is 15.4 Å². The lowest BCUT2D eigenvalue weighted by Gasteiger charge is -2.07. The van der Waals surface area contributed by atoms with Gasteiger partial charge in [-0.25, -0.2) is 9.59 Å². The summed E-state index contributed by atoms with van der Waals surface area (Å²) in [4.78, 5) is 22.1. The minimum absolute atomic E-state index is 0.117. The Kier molecular flexibility index (Phi) is 5.44. The summed E-state index contributed by atoms with van der Waals surface area (Å²) in [6.07, 6.45) is 1.08. The molecule has 0 heterocycles. The Morgan fingerprint density at radius 2 is 2.00 bits per heavy atom. The lowest BCUT2D eigenvalue weighted by atomic mass is 10.2. The number of carbonyl (C=O) groups is 2. The van der Waals surface area contributed by atoms with Crippen molar-refractivity contribution in [1.29, 1.82) is 0 Å². The maximum atomic E-state index is 11.4. The van der Waals surface area contributed by atoms with Crippen LogP contribution in [0.5, 0.6) is 0 Å². The predicted molar refractivity (Wildman–Crippen MR) is 69.4 cm³/mol. The maximum Gasteiger partial charge on any atom is 0.330 e. The van der Waals surface area contributed by atoms with Crippen LogP contribution < -0.4 is 10.6 Å². The first-order valence-electron chi connectivity index (χ1n) is 5.52. The highest BCUT2D eigenvalue weighted by atomic mass is 16.5. The van der Waals surface area contributed by atoms with E-state index in [0.717, 1.165) is 11.6 Å². The minimum Gasteiger partial charge on any atom is -0.461 e. The zero-order valence-corrected chi connectivity index (χ0v) is 10.2. The fourth-order valence-electron chi connectivity index (χ4n) is 1.19. The van der Waals surface area contributed by atoms with Gasteiger partial charge in [-0.3, -0.25) is 0 Å². The Morgan fingerprint density at radius 1 is 1.33 bits per heavy atom. The third-order valence-electron chi connectivity index (χ3n) is 2.11. The highest BCUT2D eigenvalue weighted by Crippen LogP contribution is 2.07. The number of hydrogen-bond donors (Lipinski definition) is 2. The summed E-state index contributed by atoms with van der Waals surface area (Å²) >= 11 is 0. The van der Waals surface area contributed by atoms with E-state index >= 15 is 0 Å². The van der Waals surface area contributed by atoms with Crippen molar-refractivity contribution >= 4 is 17.7 Å². The molecule has 0 aliphatic carbocycles. The molecule has 0 saturated carbocycles. The molecular formula is C13H16N2O3. The number of esters is 1. The molecule has 0 aliphatic rings. The monoisotopic (exact) mass is 248 g/mol. The molecule has 0 aliphatic heterocycles. The Balaban J connectivity index is 2.23. The number of anilines is 1. The normalized spacial score (nSPS) is 9.39. The smallest absolute Gasteiger partial charge is 0.330 e. The molecule has 18 heavy (non-hydrogen) atoms. The molecule has 1 aromatic rings. The first kappa shape index (κ1) is 13.8. The van der Waals surface area contributed by atoms with Crippen LogP contribution in [0.15, 0.2) is 36.9 Å². The van der Waals surface area contributed by atoms with Gasteiger partial charge in [-0.1, -0.05) is 24.3 Å². The number of hydrogen-bond acceptors (Lipinski definition) is 3. The largest absolute Gasteiger partial charge is 0.461 e. The maximum absolute atomic E-state index is 11.4. The molecule has 5 nitrogen and oxygen atoms in total. The summed E-state index contributed by atoms with van der Waals surface area (Å²) < 4.78 is 4.71. The SMILES string of the molecule is C=CC(=O)OCCNC(=O)Nc1ccc(C)cc1. The lowest BCUT2D eigenvalue weighted by Crippen LogP contribution is -2.31. The van der Waals surface area contributed by atoms with Gasteiger partial charge in [-0.15, -0.1) is 0 Å². The second-order valence-electron chi connectivity index (χ2n) is 3.62. The van der Waals surface area contributed by atoms with Crippen molar-refractivity contribution in [2.75, 3.05) is 18.5 Å². The van der Waals surface area contributed by atoms with Crippen molar-refractivity contribution in [3.8, 4) is 0 Å². The summed E-state index contributed by atoms with van der Waals surface area (Å²) in [7, 11) is 0. The van der Waals surface area contributed by atoms with Crippen LogP contribution in [-0.2, 0) is 9.53 Å². The van der Waals surface area contributed by atoms with Crippen LogP contribution in [0, 0.1) is 6.92 Å². The van der Waals surface area contributed by atoms with Crippen LogP contribution in [0.1, 0.15) is 5.56 Å². The average Bonchev–Trinajstić information content (AvgIpc) is 2.37. The van der Waals surface area contributed by atoms with Crippen LogP contribution in [0.2, 0.25) is 0 Å². The molecule has 0 atom stereocenters. The Hall–Kier alpha value is -2.30. The Morgan fingerprint density at radius 3 is 2.61 bits per heavy atom. The van der Waals surface area contributed by atoms with E-state index in [1.165, 1.54) is 0 Å². The molecule has 0 fully saturated rings. The van der Waals surface area contributed by atoms with Gasteiger partial charge in [0.2, 0.25) is 0 Å². The molecule has 96 valence electrons. The van der Waals surface area contributed by atoms with E-state index in [1.807, 2.05) is 31.2 Å². The van der Waals surface area contributed by atoms with E-state index in [2.05, 4.69) is 17.2 Å². The molecule has 0 spiro atoms. The Bertz CT molecular complexity index is 426. The van der Waals surface area contributed by atoms with Crippen molar-refractivity contribution in [1.82, 2.24) is 5.32 Å². The summed E-state index contributed by atoms with van der Waals surface area (Å²) in [5, 5.41) is 5.22. The van der Waals surface area contributed by atoms with Gasteiger partial charge in [0.1, 0.15) is 6.61 Å². The van der Waals surface area contributed by atoms with Gasteiger partial charge in [-0.05, 0) is 19.1 Å². The second-order valence-corrected chi connectivity index (χ2v) is 3.62. The van der Waals surface area contributed by atoms with Gasteiger partial charge in [0.25, 0.3) is 0 Å². The van der Waals surface area contributed by atoms with E-state index < -0.39 is 5.97 Å². The summed E-state index contributed by atoms with van der Waals surface area (Å²) in [5.41, 5.74) is 1.83. The summed E-state index contributed by atoms with van der Waals surface area (Å²) in [5.74, 6) is -0.504. The van der Waals surface area contributed by atoms with Gasteiger partial charge in [0.05, 0.1) is 6.54 Å². The quantitative estimate of drug-likeness (QED) is 0.474. The van der Waals surface area contributed by atoms with Crippen LogP contribution in [0.25, 0.3) is 0 Å². The third-order valence-corrected chi connectivity index (χ3v) is 2.11. The molecule has 2 N–H and O–H groups in total. The summed E-state index contributed by atoms with van der Waals surface area (Å²) in [6, 6.07) is 7.09. The lowest BCUT2D eigenvalue weighted by molar-refractivity contribution is -0.137. The Labute approximate surface area is 106 Å². The van der Waals surface area contributed by atoms with Crippen LogP contribution in [-0.4, -0.2) is 25.2 Å². The van der Waals surface area contributed by atoms with Crippen molar-refractivity contribution in [3.05, 3.63) is 42.5 Å². The molecule has 1 rings (SSSR count). The molecular weight excluding hydrogens is 232 g/mol. The highest BCUT2D eigenvalue weighted by molar-refractivity contribution is 5.89. The van der Waals surface area contributed by atoms with Crippen LogP contribution in [0.3, 0.4) is 0 Å². The number of carbonyl (C=O) groups excluding carboxylic acids is 2.